The first kappa shape index (κ1) is 23.3. The lowest BCUT2D eigenvalue weighted by atomic mass is 9.73. The highest BCUT2D eigenvalue weighted by Crippen LogP contribution is 2.39. The number of hydrogen-bond acceptors (Lipinski definition) is 6. The average Bonchev–Trinajstić information content (AvgIpc) is 3.43. The second-order valence-corrected chi connectivity index (χ2v) is 9.68. The second kappa shape index (κ2) is 8.67. The van der Waals surface area contributed by atoms with Crippen molar-refractivity contribution in [2.45, 2.75) is 45.4 Å². The fraction of sp³-hybridized carbons (Fsp3) is 0.259. The maximum absolute atomic E-state index is 13.2. The van der Waals surface area contributed by atoms with Crippen LogP contribution in [0.25, 0.3) is 16.8 Å². The van der Waals surface area contributed by atoms with Crippen molar-refractivity contribution in [3.8, 4) is 22.6 Å². The number of aromatic hydroxyl groups is 1. The summed E-state index contributed by atoms with van der Waals surface area (Å²) in [5.74, 6) is -1.66. The van der Waals surface area contributed by atoms with Gasteiger partial charge in [-0.05, 0) is 67.0 Å². The first-order valence-corrected chi connectivity index (χ1v) is 11.7. The number of para-hydroxylation sites is 1. The number of aryl methyl sites for hydroxylation is 2. The number of nitrogens with one attached hydrogen (secondary N) is 1. The summed E-state index contributed by atoms with van der Waals surface area (Å²) in [7, 11) is 0. The molecule has 2 heterocycles. The summed E-state index contributed by atoms with van der Waals surface area (Å²) in [6, 6.07) is 12.2. The molecule has 3 N–H and O–H groups in total. The largest absolute Gasteiger partial charge is 0.505 e. The number of phenolic OH excluding ortho intramolecular Hbond substituents is 1. The van der Waals surface area contributed by atoms with Crippen molar-refractivity contribution in [2.24, 2.45) is 10.2 Å². The second-order valence-electron chi connectivity index (χ2n) is 9.68. The van der Waals surface area contributed by atoms with Crippen LogP contribution in [0.1, 0.15) is 54.1 Å². The van der Waals surface area contributed by atoms with E-state index in [2.05, 4.69) is 41.3 Å². The Hall–Kier alpha value is -4.40. The fourth-order valence-electron chi connectivity index (χ4n) is 4.82. The Labute approximate surface area is 206 Å². The third-order valence-electron chi connectivity index (χ3n) is 6.76. The molecule has 0 unspecified atom stereocenters. The number of azo groups is 1. The number of aromatic amines is 1. The minimum atomic E-state index is -1.21. The standard InChI is InChI=1S/C27H26N4O5/c1-15-23(25(33)31(30-15)18-9-10-20-16(12-18)6-5-11-27(20,2)3)29-28-21-8-4-7-19(24(21)32)17-13-22(26(34)35)36-14-17/h4,7-10,12-14,30,32H,5-6,11H2,1-3H3,(H,34,35). The van der Waals surface area contributed by atoms with Crippen LogP contribution in [0.4, 0.5) is 11.4 Å². The van der Waals surface area contributed by atoms with Gasteiger partial charge in [-0.15, -0.1) is 10.2 Å². The quantitative estimate of drug-likeness (QED) is 0.290. The molecule has 4 aromatic rings. The average molecular weight is 487 g/mol. The number of carboxylic acids is 1. The molecular weight excluding hydrogens is 460 g/mol. The maximum atomic E-state index is 13.2. The molecule has 184 valence electrons. The summed E-state index contributed by atoms with van der Waals surface area (Å²) in [5, 5.41) is 31.1. The number of rotatable bonds is 5. The van der Waals surface area contributed by atoms with Gasteiger partial charge in [0.2, 0.25) is 5.76 Å². The van der Waals surface area contributed by atoms with Crippen molar-refractivity contribution >= 4 is 17.3 Å². The van der Waals surface area contributed by atoms with Gasteiger partial charge < -0.3 is 14.6 Å². The van der Waals surface area contributed by atoms with Crippen molar-refractivity contribution in [1.29, 1.82) is 0 Å². The van der Waals surface area contributed by atoms with Crippen LogP contribution in [0.3, 0.4) is 0 Å². The zero-order valence-electron chi connectivity index (χ0n) is 20.2. The van der Waals surface area contributed by atoms with Gasteiger partial charge in [0, 0.05) is 11.1 Å². The van der Waals surface area contributed by atoms with E-state index in [4.69, 9.17) is 9.52 Å². The van der Waals surface area contributed by atoms with E-state index < -0.39 is 5.97 Å². The van der Waals surface area contributed by atoms with E-state index in [1.165, 1.54) is 28.1 Å². The maximum Gasteiger partial charge on any atom is 0.371 e. The lowest BCUT2D eigenvalue weighted by Crippen LogP contribution is -2.24. The molecule has 9 heteroatoms. The molecule has 0 bridgehead atoms. The van der Waals surface area contributed by atoms with Gasteiger partial charge in [-0.2, -0.15) is 0 Å². The molecule has 0 fully saturated rings. The van der Waals surface area contributed by atoms with E-state index in [0.29, 0.717) is 16.8 Å². The minimum Gasteiger partial charge on any atom is -0.505 e. The van der Waals surface area contributed by atoms with E-state index >= 15 is 0 Å². The van der Waals surface area contributed by atoms with Crippen LogP contribution in [0.15, 0.2) is 68.2 Å². The number of hydrogen-bond donors (Lipinski definition) is 3. The van der Waals surface area contributed by atoms with Gasteiger partial charge in [0.15, 0.2) is 11.4 Å². The fourth-order valence-corrected chi connectivity index (χ4v) is 4.82. The van der Waals surface area contributed by atoms with E-state index in [-0.39, 0.29) is 33.9 Å². The molecule has 9 nitrogen and oxygen atoms in total. The van der Waals surface area contributed by atoms with Crippen molar-refractivity contribution in [1.82, 2.24) is 9.78 Å². The molecule has 36 heavy (non-hydrogen) atoms. The molecule has 0 aliphatic heterocycles. The predicted molar refractivity (Wildman–Crippen MR) is 134 cm³/mol. The topological polar surface area (TPSA) is 133 Å². The van der Waals surface area contributed by atoms with Gasteiger partial charge in [0.25, 0.3) is 5.56 Å². The minimum absolute atomic E-state index is 0.115. The zero-order valence-corrected chi connectivity index (χ0v) is 20.2. The van der Waals surface area contributed by atoms with Crippen molar-refractivity contribution < 1.29 is 19.4 Å². The number of phenols is 1. The molecular formula is C27H26N4O5. The number of fused-ring (bicyclic) bond motifs is 1. The van der Waals surface area contributed by atoms with E-state index in [0.717, 1.165) is 24.9 Å². The van der Waals surface area contributed by atoms with Crippen LogP contribution < -0.4 is 5.56 Å². The number of aromatic carboxylic acids is 1. The number of carboxylic acid groups (broad SMARTS) is 1. The van der Waals surface area contributed by atoms with E-state index in [1.807, 2.05) is 6.07 Å². The molecule has 0 saturated heterocycles. The van der Waals surface area contributed by atoms with Gasteiger partial charge in [0.1, 0.15) is 5.69 Å². The Balaban J connectivity index is 1.47. The Bertz CT molecular complexity index is 1570. The summed E-state index contributed by atoms with van der Waals surface area (Å²) in [6.45, 7) is 6.23. The third-order valence-corrected chi connectivity index (χ3v) is 6.76. The summed E-state index contributed by atoms with van der Waals surface area (Å²) in [5.41, 5.74) is 4.60. The first-order chi connectivity index (χ1) is 17.2. The predicted octanol–water partition coefficient (Wildman–Crippen LogP) is 6.17. The van der Waals surface area contributed by atoms with Crippen LogP contribution in [-0.4, -0.2) is 26.0 Å². The monoisotopic (exact) mass is 486 g/mol. The molecule has 0 atom stereocenters. The van der Waals surface area contributed by atoms with Gasteiger partial charge in [-0.25, -0.2) is 9.48 Å². The Morgan fingerprint density at radius 2 is 1.97 bits per heavy atom. The van der Waals surface area contributed by atoms with Crippen molar-refractivity contribution in [3.63, 3.8) is 0 Å². The lowest BCUT2D eigenvalue weighted by Gasteiger charge is -2.32. The van der Waals surface area contributed by atoms with Gasteiger partial charge in [0.05, 0.1) is 17.6 Å². The number of carbonyl (C=O) groups is 1. The van der Waals surface area contributed by atoms with Crippen molar-refractivity contribution in [3.05, 3.63) is 81.7 Å². The number of H-pyrrole nitrogens is 1. The molecule has 0 amide bonds. The molecule has 1 aliphatic carbocycles. The molecule has 0 spiro atoms. The SMILES string of the molecule is Cc1[nH]n(-c2ccc3c(c2)CCCC3(C)C)c(=O)c1N=Nc1cccc(-c2coc(C(=O)O)c2)c1O. The molecule has 2 aromatic heterocycles. The van der Waals surface area contributed by atoms with Gasteiger partial charge >= 0.3 is 5.97 Å². The number of nitrogens with zero attached hydrogens (tertiary/aromatic N) is 3. The van der Waals surface area contributed by atoms with Crippen LogP contribution >= 0.6 is 0 Å². The van der Waals surface area contributed by atoms with E-state index in [1.54, 1.807) is 25.1 Å². The van der Waals surface area contributed by atoms with E-state index in [9.17, 15) is 14.7 Å². The molecule has 2 aromatic carbocycles. The highest BCUT2D eigenvalue weighted by molar-refractivity contribution is 5.87. The Morgan fingerprint density at radius 1 is 1.17 bits per heavy atom. The summed E-state index contributed by atoms with van der Waals surface area (Å²) < 4.78 is 6.47. The number of benzene rings is 2. The van der Waals surface area contributed by atoms with Gasteiger partial charge in [-0.3, -0.25) is 9.89 Å². The summed E-state index contributed by atoms with van der Waals surface area (Å²) in [6.07, 6.45) is 4.48. The number of furan rings is 1. The summed E-state index contributed by atoms with van der Waals surface area (Å²) >= 11 is 0. The molecule has 1 aliphatic rings. The molecule has 0 saturated carbocycles. The smallest absolute Gasteiger partial charge is 0.371 e. The van der Waals surface area contributed by atoms with Crippen LogP contribution in [0.5, 0.6) is 5.75 Å². The Morgan fingerprint density at radius 3 is 2.72 bits per heavy atom. The van der Waals surface area contributed by atoms with Crippen LogP contribution in [0, 0.1) is 6.92 Å². The number of aromatic nitrogens is 2. The zero-order chi connectivity index (χ0) is 25.6. The lowest BCUT2D eigenvalue weighted by molar-refractivity contribution is 0.0662. The van der Waals surface area contributed by atoms with Crippen molar-refractivity contribution in [2.75, 3.05) is 0 Å². The normalized spacial score (nSPS) is 14.8. The van der Waals surface area contributed by atoms with Crippen LogP contribution in [-0.2, 0) is 11.8 Å². The molecule has 5 rings (SSSR count). The third kappa shape index (κ3) is 4.02. The highest BCUT2D eigenvalue weighted by atomic mass is 16.4. The highest BCUT2D eigenvalue weighted by Gasteiger charge is 2.27. The first-order valence-electron chi connectivity index (χ1n) is 11.7. The Kier molecular flexibility index (Phi) is 5.62. The summed E-state index contributed by atoms with van der Waals surface area (Å²) in [4.78, 5) is 24.3. The van der Waals surface area contributed by atoms with Crippen LogP contribution in [0.2, 0.25) is 0 Å². The van der Waals surface area contributed by atoms with Gasteiger partial charge in [-0.1, -0.05) is 32.0 Å². The molecule has 0 radical (unpaired) electrons.